The number of carbonyl (C=O) groups excluding carboxylic acids is 1. The van der Waals surface area contributed by atoms with Crippen LogP contribution in [0.1, 0.15) is 42.7 Å². The van der Waals surface area contributed by atoms with Gasteiger partial charge in [-0.1, -0.05) is 13.8 Å². The fraction of sp³-hybridized carbons (Fsp3) is 0.500. The number of ether oxygens (including phenoxy) is 3. The Hall–Kier alpha value is -3.11. The van der Waals surface area contributed by atoms with Gasteiger partial charge in [-0.05, 0) is 36.2 Å². The Kier molecular flexibility index (Phi) is 9.33. The molecule has 0 aliphatic carbocycles. The second kappa shape index (κ2) is 12.2. The van der Waals surface area contributed by atoms with Gasteiger partial charge < -0.3 is 29.8 Å². The van der Waals surface area contributed by atoms with Crippen molar-refractivity contribution in [1.29, 1.82) is 5.41 Å². The minimum atomic E-state index is -1.47. The summed E-state index contributed by atoms with van der Waals surface area (Å²) in [6, 6.07) is 7.30. The summed E-state index contributed by atoms with van der Waals surface area (Å²) in [6.45, 7) is 5.23. The summed E-state index contributed by atoms with van der Waals surface area (Å²) >= 11 is 0. The van der Waals surface area contributed by atoms with Crippen molar-refractivity contribution >= 4 is 28.9 Å². The van der Waals surface area contributed by atoms with Crippen LogP contribution in [0.15, 0.2) is 30.3 Å². The van der Waals surface area contributed by atoms with Gasteiger partial charge in [0.15, 0.2) is 5.69 Å². The van der Waals surface area contributed by atoms with Gasteiger partial charge in [-0.15, -0.1) is 0 Å². The predicted molar refractivity (Wildman–Crippen MR) is 135 cm³/mol. The molecule has 2 N–H and O–H groups in total. The van der Waals surface area contributed by atoms with Crippen molar-refractivity contribution in [2.45, 2.75) is 32.4 Å². The van der Waals surface area contributed by atoms with E-state index in [9.17, 15) is 9.18 Å². The van der Waals surface area contributed by atoms with E-state index in [2.05, 4.69) is 10.3 Å². The van der Waals surface area contributed by atoms with E-state index in [-0.39, 0.29) is 42.7 Å². The standard InChI is InChI=1S/C26H34F2N4O4/c1-17(2)23(29)22-21(32-11-9-26(28,10-12-32)16-36-14-13-34-3)15-20(25(33)35-4)31-24(22)30-19-7-5-18(27)6-8-19/h5-8,15,17,29H,9-14,16H2,1-4H3,(H,30,31). The average Bonchev–Trinajstić information content (AvgIpc) is 2.87. The molecule has 1 aromatic carbocycles. The SMILES string of the molecule is COCCOCC1(F)CCN(c2cc(C(=O)OC)nc(Nc3ccc(F)cc3)c2C(=N)C(C)C)CC1. The van der Waals surface area contributed by atoms with Crippen LogP contribution in [-0.2, 0) is 14.2 Å². The number of piperidine rings is 1. The van der Waals surface area contributed by atoms with Gasteiger partial charge in [0.1, 0.15) is 17.3 Å². The van der Waals surface area contributed by atoms with E-state index in [0.29, 0.717) is 49.0 Å². The molecule has 1 aliphatic rings. The Labute approximate surface area is 210 Å². The molecule has 1 fully saturated rings. The molecule has 1 aromatic heterocycles. The van der Waals surface area contributed by atoms with Crippen LogP contribution in [0.4, 0.5) is 26.0 Å². The fourth-order valence-corrected chi connectivity index (χ4v) is 3.99. The highest BCUT2D eigenvalue weighted by Gasteiger charge is 2.36. The first-order valence-corrected chi connectivity index (χ1v) is 11.9. The highest BCUT2D eigenvalue weighted by molar-refractivity contribution is 6.09. The molecule has 36 heavy (non-hydrogen) atoms. The molecule has 0 amide bonds. The number of esters is 1. The Morgan fingerprint density at radius 3 is 2.44 bits per heavy atom. The van der Waals surface area contributed by atoms with E-state index in [4.69, 9.17) is 19.6 Å². The Balaban J connectivity index is 1.98. The van der Waals surface area contributed by atoms with Crippen LogP contribution < -0.4 is 10.2 Å². The van der Waals surface area contributed by atoms with Crippen molar-refractivity contribution in [3.05, 3.63) is 47.4 Å². The second-order valence-electron chi connectivity index (χ2n) is 9.13. The number of nitrogens with zero attached hydrogens (tertiary/aromatic N) is 2. The molecule has 10 heteroatoms. The van der Waals surface area contributed by atoms with Crippen LogP contribution in [0.5, 0.6) is 0 Å². The van der Waals surface area contributed by atoms with Crippen molar-refractivity contribution in [2.24, 2.45) is 5.92 Å². The molecule has 2 heterocycles. The molecule has 0 spiro atoms. The maximum absolute atomic E-state index is 15.4. The summed E-state index contributed by atoms with van der Waals surface area (Å²) in [5.41, 5.74) is 0.532. The maximum atomic E-state index is 15.4. The summed E-state index contributed by atoms with van der Waals surface area (Å²) in [7, 11) is 2.83. The third-order valence-electron chi connectivity index (χ3n) is 6.14. The highest BCUT2D eigenvalue weighted by atomic mass is 19.1. The number of alkyl halides is 1. The van der Waals surface area contributed by atoms with Crippen LogP contribution in [0.2, 0.25) is 0 Å². The van der Waals surface area contributed by atoms with Crippen molar-refractivity contribution in [2.75, 3.05) is 57.3 Å². The van der Waals surface area contributed by atoms with Gasteiger partial charge in [0.05, 0.1) is 38.2 Å². The molecule has 196 valence electrons. The summed E-state index contributed by atoms with van der Waals surface area (Å²) in [5.74, 6) is -0.896. The Morgan fingerprint density at radius 1 is 1.19 bits per heavy atom. The van der Waals surface area contributed by atoms with Crippen molar-refractivity contribution in [3.63, 3.8) is 0 Å². The number of methoxy groups -OCH3 is 2. The van der Waals surface area contributed by atoms with E-state index in [1.807, 2.05) is 18.7 Å². The van der Waals surface area contributed by atoms with Crippen LogP contribution in [0.25, 0.3) is 0 Å². The predicted octanol–water partition coefficient (Wildman–Crippen LogP) is 4.75. The number of rotatable bonds is 11. The van der Waals surface area contributed by atoms with Crippen molar-refractivity contribution in [1.82, 2.24) is 4.98 Å². The summed E-state index contributed by atoms with van der Waals surface area (Å²) < 4.78 is 44.1. The molecule has 3 rings (SSSR count). The zero-order valence-corrected chi connectivity index (χ0v) is 21.2. The molecule has 8 nitrogen and oxygen atoms in total. The first kappa shape index (κ1) is 27.5. The number of hydrogen-bond donors (Lipinski definition) is 2. The molecule has 2 aromatic rings. The minimum absolute atomic E-state index is 0.0139. The van der Waals surface area contributed by atoms with E-state index in [1.165, 1.54) is 19.2 Å². The van der Waals surface area contributed by atoms with E-state index < -0.39 is 11.6 Å². The number of hydrogen-bond acceptors (Lipinski definition) is 8. The lowest BCUT2D eigenvalue weighted by atomic mass is 9.92. The number of benzene rings is 1. The van der Waals surface area contributed by atoms with E-state index in [0.717, 1.165) is 0 Å². The second-order valence-corrected chi connectivity index (χ2v) is 9.13. The van der Waals surface area contributed by atoms with Gasteiger partial charge in [-0.3, -0.25) is 0 Å². The summed E-state index contributed by atoms with van der Waals surface area (Å²) in [5, 5.41) is 12.0. The zero-order chi connectivity index (χ0) is 26.3. The van der Waals surface area contributed by atoms with E-state index in [1.54, 1.807) is 25.3 Å². The molecule has 0 bridgehead atoms. The minimum Gasteiger partial charge on any atom is -0.464 e. The van der Waals surface area contributed by atoms with Crippen LogP contribution >= 0.6 is 0 Å². The van der Waals surface area contributed by atoms with Crippen molar-refractivity contribution < 1.29 is 27.8 Å². The summed E-state index contributed by atoms with van der Waals surface area (Å²) in [4.78, 5) is 18.9. The Bertz CT molecular complexity index is 1050. The normalized spacial score (nSPS) is 15.1. The smallest absolute Gasteiger partial charge is 0.356 e. The van der Waals surface area contributed by atoms with Crippen LogP contribution in [0.3, 0.4) is 0 Å². The van der Waals surface area contributed by atoms with Gasteiger partial charge in [0.25, 0.3) is 0 Å². The van der Waals surface area contributed by atoms with Crippen LogP contribution in [-0.4, -0.2) is 69.5 Å². The number of nitrogens with one attached hydrogen (secondary N) is 2. The lowest BCUT2D eigenvalue weighted by Crippen LogP contribution is -2.45. The first-order valence-electron chi connectivity index (χ1n) is 11.9. The van der Waals surface area contributed by atoms with Gasteiger partial charge in [0.2, 0.25) is 0 Å². The molecular weight excluding hydrogens is 470 g/mol. The molecule has 0 saturated carbocycles. The molecule has 0 unspecified atom stereocenters. The van der Waals surface area contributed by atoms with Crippen molar-refractivity contribution in [3.8, 4) is 0 Å². The number of carbonyl (C=O) groups is 1. The molecule has 1 aliphatic heterocycles. The lowest BCUT2D eigenvalue weighted by molar-refractivity contribution is -0.0161. The average molecular weight is 505 g/mol. The molecule has 0 atom stereocenters. The summed E-state index contributed by atoms with van der Waals surface area (Å²) in [6.07, 6.45) is 0.454. The zero-order valence-electron chi connectivity index (χ0n) is 21.2. The fourth-order valence-electron chi connectivity index (χ4n) is 3.99. The maximum Gasteiger partial charge on any atom is 0.356 e. The molecule has 0 radical (unpaired) electrons. The monoisotopic (exact) mass is 504 g/mol. The molecular formula is C26H34F2N4O4. The lowest BCUT2D eigenvalue weighted by Gasteiger charge is -2.38. The molecule has 1 saturated heterocycles. The number of aromatic nitrogens is 1. The van der Waals surface area contributed by atoms with Gasteiger partial charge >= 0.3 is 5.97 Å². The number of anilines is 3. The Morgan fingerprint density at radius 2 is 1.86 bits per heavy atom. The third-order valence-corrected chi connectivity index (χ3v) is 6.14. The van der Waals surface area contributed by atoms with Gasteiger partial charge in [-0.2, -0.15) is 0 Å². The first-order chi connectivity index (χ1) is 17.2. The van der Waals surface area contributed by atoms with Gasteiger partial charge in [-0.25, -0.2) is 18.6 Å². The topological polar surface area (TPSA) is 96.8 Å². The highest BCUT2D eigenvalue weighted by Crippen LogP contribution is 2.36. The number of halogens is 2. The van der Waals surface area contributed by atoms with Crippen LogP contribution in [0, 0.1) is 17.1 Å². The van der Waals surface area contributed by atoms with E-state index >= 15 is 4.39 Å². The number of pyridine rings is 1. The largest absolute Gasteiger partial charge is 0.464 e. The quantitative estimate of drug-likeness (QED) is 0.259. The van der Waals surface area contributed by atoms with Gasteiger partial charge in [0, 0.05) is 44.4 Å². The third kappa shape index (κ3) is 6.76.